The van der Waals surface area contributed by atoms with Gasteiger partial charge in [-0.3, -0.25) is 9.59 Å². The molecule has 0 spiro atoms. The lowest BCUT2D eigenvalue weighted by Gasteiger charge is -2.45. The first-order valence-electron chi connectivity index (χ1n) is 13.0. The maximum atomic E-state index is 14.0. The lowest BCUT2D eigenvalue weighted by Crippen LogP contribution is -2.65. The molecule has 0 unspecified atom stereocenters. The molecule has 3 atom stereocenters. The summed E-state index contributed by atoms with van der Waals surface area (Å²) in [5.74, 6) is 1.52. The standard InChI is InChI=1S/C29H35N3O4/c1-4-35-25-13-8-6-11-21(25)18-32-27(33)24-16-15-23(26-14-9-17-36-26)31(24)19-29(32,3)28(34)30-22-12-7-5-10-20(22)2/h6,8-9,11,13-17,20,22H,4-5,7,10,12,18-19H2,1-3H3,(H,30,34)/t20-,22+,29-/m1/s1. The lowest BCUT2D eigenvalue weighted by atomic mass is 9.85. The number of nitrogens with one attached hydrogen (secondary N) is 1. The summed E-state index contributed by atoms with van der Waals surface area (Å²) in [6.45, 7) is 7.16. The van der Waals surface area contributed by atoms with Gasteiger partial charge >= 0.3 is 0 Å². The molecule has 1 N–H and O–H groups in total. The summed E-state index contributed by atoms with van der Waals surface area (Å²) in [4.78, 5) is 29.8. The highest BCUT2D eigenvalue weighted by Crippen LogP contribution is 2.36. The average molecular weight is 490 g/mol. The fourth-order valence-electron chi connectivity index (χ4n) is 5.62. The molecule has 1 saturated carbocycles. The third-order valence-corrected chi connectivity index (χ3v) is 7.80. The van der Waals surface area contributed by atoms with Crippen molar-refractivity contribution in [1.82, 2.24) is 14.8 Å². The predicted molar refractivity (Wildman–Crippen MR) is 138 cm³/mol. The predicted octanol–water partition coefficient (Wildman–Crippen LogP) is 5.26. The fraction of sp³-hybridized carbons (Fsp3) is 0.448. The van der Waals surface area contributed by atoms with Crippen LogP contribution in [0.2, 0.25) is 0 Å². The second-order valence-corrected chi connectivity index (χ2v) is 10.2. The first-order chi connectivity index (χ1) is 17.4. The summed E-state index contributed by atoms with van der Waals surface area (Å²) >= 11 is 0. The van der Waals surface area contributed by atoms with E-state index in [0.29, 0.717) is 30.5 Å². The monoisotopic (exact) mass is 489 g/mol. The van der Waals surface area contributed by atoms with Gasteiger partial charge in [0.1, 0.15) is 22.7 Å². The molecular weight excluding hydrogens is 454 g/mol. The maximum Gasteiger partial charge on any atom is 0.271 e. The van der Waals surface area contributed by atoms with Crippen LogP contribution in [0.4, 0.5) is 0 Å². The summed E-state index contributed by atoms with van der Waals surface area (Å²) in [5, 5.41) is 3.33. The van der Waals surface area contributed by atoms with Crippen LogP contribution in [0.5, 0.6) is 5.75 Å². The van der Waals surface area contributed by atoms with E-state index in [-0.39, 0.29) is 24.4 Å². The number of fused-ring (bicyclic) bond motifs is 1. The van der Waals surface area contributed by atoms with Gasteiger partial charge in [0.15, 0.2) is 0 Å². The minimum absolute atomic E-state index is 0.117. The Morgan fingerprint density at radius 2 is 1.89 bits per heavy atom. The van der Waals surface area contributed by atoms with Crippen molar-refractivity contribution in [2.24, 2.45) is 5.92 Å². The molecule has 0 saturated heterocycles. The van der Waals surface area contributed by atoms with E-state index in [1.54, 1.807) is 11.2 Å². The fourth-order valence-corrected chi connectivity index (χ4v) is 5.62. The lowest BCUT2D eigenvalue weighted by molar-refractivity contribution is -0.134. The second-order valence-electron chi connectivity index (χ2n) is 10.2. The smallest absolute Gasteiger partial charge is 0.271 e. The molecule has 190 valence electrons. The Hall–Kier alpha value is -3.48. The van der Waals surface area contributed by atoms with Crippen LogP contribution in [-0.4, -0.2) is 39.5 Å². The van der Waals surface area contributed by atoms with Crippen LogP contribution < -0.4 is 10.1 Å². The quantitative estimate of drug-likeness (QED) is 0.491. The number of carbonyl (C=O) groups is 2. The van der Waals surface area contributed by atoms with E-state index >= 15 is 0 Å². The molecule has 1 aliphatic heterocycles. The zero-order valence-electron chi connectivity index (χ0n) is 21.3. The molecule has 5 rings (SSSR count). The van der Waals surface area contributed by atoms with Gasteiger partial charge in [-0.15, -0.1) is 0 Å². The van der Waals surface area contributed by atoms with Crippen LogP contribution in [-0.2, 0) is 17.9 Å². The molecule has 2 amide bonds. The molecule has 2 aromatic heterocycles. The summed E-state index contributed by atoms with van der Waals surface area (Å²) in [5.41, 5.74) is 1.12. The molecule has 0 bridgehead atoms. The third-order valence-electron chi connectivity index (χ3n) is 7.80. The van der Waals surface area contributed by atoms with Crippen molar-refractivity contribution in [2.75, 3.05) is 6.61 Å². The molecule has 1 fully saturated rings. The number of aromatic nitrogens is 1. The van der Waals surface area contributed by atoms with E-state index in [2.05, 4.69) is 12.2 Å². The van der Waals surface area contributed by atoms with Gasteiger partial charge in [0, 0.05) is 11.6 Å². The molecule has 7 heteroatoms. The number of furan rings is 1. The highest BCUT2D eigenvalue weighted by atomic mass is 16.5. The molecule has 3 heterocycles. The second kappa shape index (κ2) is 9.88. The van der Waals surface area contributed by atoms with E-state index in [1.165, 1.54) is 6.42 Å². The van der Waals surface area contributed by atoms with Gasteiger partial charge in [0.2, 0.25) is 5.91 Å². The number of benzene rings is 1. The van der Waals surface area contributed by atoms with Gasteiger partial charge in [-0.1, -0.05) is 38.0 Å². The minimum atomic E-state index is -1.10. The number of hydrogen-bond acceptors (Lipinski definition) is 4. The number of carbonyl (C=O) groups excluding carboxylic acids is 2. The van der Waals surface area contributed by atoms with Gasteiger partial charge in [-0.2, -0.15) is 0 Å². The third kappa shape index (κ3) is 4.31. The van der Waals surface area contributed by atoms with Gasteiger partial charge in [-0.05, 0) is 62.9 Å². The van der Waals surface area contributed by atoms with E-state index in [1.807, 2.05) is 66.9 Å². The van der Waals surface area contributed by atoms with E-state index in [9.17, 15) is 9.59 Å². The zero-order chi connectivity index (χ0) is 25.3. The molecule has 7 nitrogen and oxygen atoms in total. The highest BCUT2D eigenvalue weighted by molar-refractivity contribution is 6.00. The minimum Gasteiger partial charge on any atom is -0.494 e. The topological polar surface area (TPSA) is 76.7 Å². The van der Waals surface area contributed by atoms with Crippen LogP contribution in [0.15, 0.2) is 59.2 Å². The molecule has 36 heavy (non-hydrogen) atoms. The molecule has 1 aromatic carbocycles. The number of hydrogen-bond donors (Lipinski definition) is 1. The van der Waals surface area contributed by atoms with Gasteiger partial charge in [-0.25, -0.2) is 0 Å². The van der Waals surface area contributed by atoms with E-state index < -0.39 is 5.54 Å². The maximum absolute atomic E-state index is 14.0. The van der Waals surface area contributed by atoms with Crippen LogP contribution in [0.25, 0.3) is 11.5 Å². The number of nitrogens with zero attached hydrogens (tertiary/aromatic N) is 2. The Kier molecular flexibility index (Phi) is 6.65. The Bertz CT molecular complexity index is 1230. The molecule has 3 aromatic rings. The van der Waals surface area contributed by atoms with Crippen LogP contribution in [0.1, 0.15) is 62.5 Å². The summed E-state index contributed by atoms with van der Waals surface area (Å²) < 4.78 is 13.4. The highest BCUT2D eigenvalue weighted by Gasteiger charge is 2.48. The first-order valence-corrected chi connectivity index (χ1v) is 13.0. The van der Waals surface area contributed by atoms with Crippen molar-refractivity contribution >= 4 is 11.8 Å². The van der Waals surface area contributed by atoms with Crippen LogP contribution >= 0.6 is 0 Å². The van der Waals surface area contributed by atoms with E-state index in [4.69, 9.17) is 9.15 Å². The zero-order valence-corrected chi connectivity index (χ0v) is 21.3. The number of ether oxygens (including phenoxy) is 1. The van der Waals surface area contributed by atoms with Crippen molar-refractivity contribution in [3.05, 3.63) is 66.1 Å². The van der Waals surface area contributed by atoms with Gasteiger partial charge in [0.25, 0.3) is 5.91 Å². The number of rotatable bonds is 7. The molecular formula is C29H35N3O4. The summed E-state index contributed by atoms with van der Waals surface area (Å²) in [6.07, 6.45) is 6.00. The average Bonchev–Trinajstić information content (AvgIpc) is 3.54. The number of para-hydroxylation sites is 1. The normalized spacial score (nSPS) is 23.9. The Morgan fingerprint density at radius 3 is 2.64 bits per heavy atom. The van der Waals surface area contributed by atoms with Crippen molar-refractivity contribution in [1.29, 1.82) is 0 Å². The Labute approximate surface area is 212 Å². The Morgan fingerprint density at radius 1 is 1.11 bits per heavy atom. The summed E-state index contributed by atoms with van der Waals surface area (Å²) in [6, 6.07) is 15.3. The first kappa shape index (κ1) is 24.2. The van der Waals surface area contributed by atoms with Crippen LogP contribution in [0, 0.1) is 5.92 Å². The Balaban J connectivity index is 1.54. The SMILES string of the molecule is CCOc1ccccc1CN1C(=O)c2ccc(-c3ccco3)n2C[C@]1(C)C(=O)N[C@H]1CCCC[C@H]1C. The van der Waals surface area contributed by atoms with Crippen molar-refractivity contribution < 1.29 is 18.7 Å². The van der Waals surface area contributed by atoms with Crippen molar-refractivity contribution in [3.8, 4) is 17.2 Å². The molecule has 0 radical (unpaired) electrons. The van der Waals surface area contributed by atoms with Crippen LogP contribution in [0.3, 0.4) is 0 Å². The molecule has 2 aliphatic rings. The summed E-state index contributed by atoms with van der Waals surface area (Å²) in [7, 11) is 0. The molecule has 1 aliphatic carbocycles. The van der Waals surface area contributed by atoms with Crippen molar-refractivity contribution in [3.63, 3.8) is 0 Å². The van der Waals surface area contributed by atoms with Crippen molar-refractivity contribution in [2.45, 2.75) is 71.1 Å². The largest absolute Gasteiger partial charge is 0.494 e. The van der Waals surface area contributed by atoms with Gasteiger partial charge in [0.05, 0.1) is 31.7 Å². The van der Waals surface area contributed by atoms with E-state index in [0.717, 1.165) is 36.3 Å². The number of amides is 2. The van der Waals surface area contributed by atoms with Gasteiger partial charge < -0.3 is 23.9 Å².